The van der Waals surface area contributed by atoms with Crippen LogP contribution in [0.25, 0.3) is 22.6 Å². The maximum atomic E-state index is 5.72. The minimum Gasteiger partial charge on any atom is -0.494 e. The van der Waals surface area contributed by atoms with Crippen molar-refractivity contribution in [1.29, 1.82) is 0 Å². The van der Waals surface area contributed by atoms with Crippen LogP contribution in [0.3, 0.4) is 0 Å². The first-order valence-corrected chi connectivity index (χ1v) is 5.95. The summed E-state index contributed by atoms with van der Waals surface area (Å²) < 4.78 is 11.2. The first-order chi connectivity index (χ1) is 8.86. The molecule has 0 amide bonds. The van der Waals surface area contributed by atoms with E-state index >= 15 is 0 Å². The summed E-state index contributed by atoms with van der Waals surface area (Å²) in [6.45, 7) is 2.61. The average molecular weight is 239 g/mol. The van der Waals surface area contributed by atoms with Gasteiger partial charge >= 0.3 is 0 Å². The smallest absolute Gasteiger partial charge is 0.227 e. The second kappa shape index (κ2) is 4.53. The van der Waals surface area contributed by atoms with E-state index in [-0.39, 0.29) is 0 Å². The Morgan fingerprint density at radius 1 is 1.11 bits per heavy atom. The summed E-state index contributed by atoms with van der Waals surface area (Å²) in [6.07, 6.45) is 0. The molecular formula is C15H13NO2. The molecule has 0 aliphatic rings. The molecule has 0 atom stereocenters. The lowest BCUT2D eigenvalue weighted by Gasteiger charge is -2.00. The maximum Gasteiger partial charge on any atom is 0.227 e. The van der Waals surface area contributed by atoms with Crippen LogP contribution in [0.4, 0.5) is 0 Å². The van der Waals surface area contributed by atoms with Crippen molar-refractivity contribution >= 4 is 11.1 Å². The van der Waals surface area contributed by atoms with Crippen LogP contribution in [0.5, 0.6) is 5.75 Å². The number of fused-ring (bicyclic) bond motifs is 1. The monoisotopic (exact) mass is 239 g/mol. The first kappa shape index (κ1) is 10.8. The normalized spacial score (nSPS) is 10.7. The summed E-state index contributed by atoms with van der Waals surface area (Å²) in [5.74, 6) is 1.46. The molecular weight excluding hydrogens is 226 g/mol. The van der Waals surface area contributed by atoms with Gasteiger partial charge in [0.05, 0.1) is 6.61 Å². The zero-order chi connectivity index (χ0) is 12.4. The van der Waals surface area contributed by atoms with Crippen molar-refractivity contribution in [3.05, 3.63) is 48.5 Å². The van der Waals surface area contributed by atoms with E-state index in [9.17, 15) is 0 Å². The lowest BCUT2D eigenvalue weighted by Crippen LogP contribution is -1.90. The number of ether oxygens (including phenoxy) is 1. The molecule has 90 valence electrons. The van der Waals surface area contributed by atoms with Gasteiger partial charge in [-0.25, -0.2) is 4.98 Å². The van der Waals surface area contributed by atoms with Gasteiger partial charge < -0.3 is 9.15 Å². The quantitative estimate of drug-likeness (QED) is 0.695. The summed E-state index contributed by atoms with van der Waals surface area (Å²) >= 11 is 0. The first-order valence-electron chi connectivity index (χ1n) is 5.95. The molecule has 0 fully saturated rings. The number of hydrogen-bond acceptors (Lipinski definition) is 3. The van der Waals surface area contributed by atoms with Crippen molar-refractivity contribution in [1.82, 2.24) is 4.98 Å². The van der Waals surface area contributed by atoms with Gasteiger partial charge in [-0.15, -0.1) is 0 Å². The zero-order valence-electron chi connectivity index (χ0n) is 10.1. The summed E-state index contributed by atoms with van der Waals surface area (Å²) in [7, 11) is 0. The fourth-order valence-corrected chi connectivity index (χ4v) is 1.87. The molecule has 3 nitrogen and oxygen atoms in total. The van der Waals surface area contributed by atoms with Gasteiger partial charge in [-0.1, -0.05) is 18.2 Å². The maximum absolute atomic E-state index is 5.72. The lowest BCUT2D eigenvalue weighted by atomic mass is 10.2. The average Bonchev–Trinajstić information content (AvgIpc) is 2.83. The van der Waals surface area contributed by atoms with Crippen LogP contribution in [-0.4, -0.2) is 11.6 Å². The highest BCUT2D eigenvalue weighted by Crippen LogP contribution is 2.26. The largest absolute Gasteiger partial charge is 0.494 e. The van der Waals surface area contributed by atoms with Crippen molar-refractivity contribution in [2.75, 3.05) is 6.61 Å². The van der Waals surface area contributed by atoms with Crippen molar-refractivity contribution in [2.24, 2.45) is 0 Å². The molecule has 3 rings (SSSR count). The van der Waals surface area contributed by atoms with E-state index in [1.165, 1.54) is 0 Å². The third-order valence-corrected chi connectivity index (χ3v) is 2.69. The van der Waals surface area contributed by atoms with Gasteiger partial charge in [0.1, 0.15) is 11.3 Å². The summed E-state index contributed by atoms with van der Waals surface area (Å²) in [6, 6.07) is 15.5. The van der Waals surface area contributed by atoms with Crippen LogP contribution in [0.1, 0.15) is 6.92 Å². The van der Waals surface area contributed by atoms with Crippen molar-refractivity contribution < 1.29 is 9.15 Å². The van der Waals surface area contributed by atoms with Gasteiger partial charge in [0.2, 0.25) is 5.89 Å². The molecule has 0 saturated carbocycles. The highest BCUT2D eigenvalue weighted by atomic mass is 16.5. The molecule has 3 heteroatoms. The van der Waals surface area contributed by atoms with Gasteiger partial charge in [-0.2, -0.15) is 0 Å². The number of nitrogens with zero attached hydrogens (tertiary/aromatic N) is 1. The van der Waals surface area contributed by atoms with E-state index in [1.54, 1.807) is 0 Å². The van der Waals surface area contributed by atoms with E-state index in [0.717, 1.165) is 22.4 Å². The molecule has 18 heavy (non-hydrogen) atoms. The predicted octanol–water partition coefficient (Wildman–Crippen LogP) is 3.89. The van der Waals surface area contributed by atoms with Crippen molar-refractivity contribution in [3.63, 3.8) is 0 Å². The van der Waals surface area contributed by atoms with Crippen molar-refractivity contribution in [3.8, 4) is 17.2 Å². The highest BCUT2D eigenvalue weighted by Gasteiger charge is 2.08. The molecule has 0 N–H and O–H groups in total. The fourth-order valence-electron chi connectivity index (χ4n) is 1.87. The standard InChI is InChI=1S/C15H13NO2/c1-2-17-12-8-9-14-13(10-12)16-15(18-14)11-6-4-3-5-7-11/h3-10H,2H2,1H3. The Labute approximate surface area is 105 Å². The van der Waals surface area contributed by atoms with Crippen LogP contribution < -0.4 is 4.74 Å². The molecule has 1 aromatic heterocycles. The van der Waals surface area contributed by atoms with Crippen LogP contribution in [0.2, 0.25) is 0 Å². The molecule has 1 heterocycles. The Morgan fingerprint density at radius 2 is 1.94 bits per heavy atom. The Balaban J connectivity index is 2.06. The predicted molar refractivity (Wildman–Crippen MR) is 70.6 cm³/mol. The molecule has 0 bridgehead atoms. The van der Waals surface area contributed by atoms with E-state index in [2.05, 4.69) is 4.98 Å². The fraction of sp³-hybridized carbons (Fsp3) is 0.133. The van der Waals surface area contributed by atoms with E-state index in [0.29, 0.717) is 12.5 Å². The SMILES string of the molecule is CCOc1ccc2oc(-c3ccccc3)nc2c1. The highest BCUT2D eigenvalue weighted by molar-refractivity contribution is 5.77. The summed E-state index contributed by atoms with van der Waals surface area (Å²) in [5, 5.41) is 0. The number of hydrogen-bond donors (Lipinski definition) is 0. The van der Waals surface area contributed by atoms with Gasteiger partial charge in [0, 0.05) is 11.6 Å². The Morgan fingerprint density at radius 3 is 2.72 bits per heavy atom. The molecule has 0 aliphatic heterocycles. The molecule has 0 saturated heterocycles. The number of aromatic nitrogens is 1. The van der Waals surface area contributed by atoms with Gasteiger partial charge in [0.25, 0.3) is 0 Å². The molecule has 3 aromatic rings. The molecule has 0 spiro atoms. The van der Waals surface area contributed by atoms with E-state index in [4.69, 9.17) is 9.15 Å². The third kappa shape index (κ3) is 1.95. The zero-order valence-corrected chi connectivity index (χ0v) is 10.1. The minimum absolute atomic E-state index is 0.638. The molecule has 2 aromatic carbocycles. The Hall–Kier alpha value is -2.29. The van der Waals surface area contributed by atoms with E-state index < -0.39 is 0 Å². The number of rotatable bonds is 3. The third-order valence-electron chi connectivity index (χ3n) is 2.69. The Bertz CT molecular complexity index is 659. The second-order valence-corrected chi connectivity index (χ2v) is 3.95. The summed E-state index contributed by atoms with van der Waals surface area (Å²) in [5.41, 5.74) is 2.57. The topological polar surface area (TPSA) is 35.3 Å². The van der Waals surface area contributed by atoms with Gasteiger partial charge in [-0.3, -0.25) is 0 Å². The van der Waals surface area contributed by atoms with Crippen molar-refractivity contribution in [2.45, 2.75) is 6.92 Å². The van der Waals surface area contributed by atoms with Crippen LogP contribution in [0, 0.1) is 0 Å². The Kier molecular flexibility index (Phi) is 2.73. The van der Waals surface area contributed by atoms with Crippen LogP contribution in [-0.2, 0) is 0 Å². The molecule has 0 unspecified atom stereocenters. The number of benzene rings is 2. The summed E-state index contributed by atoms with van der Waals surface area (Å²) in [4.78, 5) is 4.48. The lowest BCUT2D eigenvalue weighted by molar-refractivity contribution is 0.340. The van der Waals surface area contributed by atoms with Gasteiger partial charge in [-0.05, 0) is 31.2 Å². The van der Waals surface area contributed by atoms with Crippen LogP contribution in [0.15, 0.2) is 52.9 Å². The minimum atomic E-state index is 0.638. The van der Waals surface area contributed by atoms with Gasteiger partial charge in [0.15, 0.2) is 5.58 Å². The van der Waals surface area contributed by atoms with E-state index in [1.807, 2.05) is 55.5 Å². The second-order valence-electron chi connectivity index (χ2n) is 3.95. The number of oxazole rings is 1. The van der Waals surface area contributed by atoms with Crippen LogP contribution >= 0.6 is 0 Å². The molecule has 0 aliphatic carbocycles. The molecule has 0 radical (unpaired) electrons.